The maximum atomic E-state index is 12.0. The maximum Gasteiger partial charge on any atom is 0.387 e. The number of carbonyl (C=O) groups excluding carboxylic acids is 1. The van der Waals surface area contributed by atoms with Gasteiger partial charge in [0.2, 0.25) is 0 Å². The van der Waals surface area contributed by atoms with Crippen LogP contribution in [-0.2, 0) is 11.2 Å². The van der Waals surface area contributed by atoms with Crippen LogP contribution in [0.25, 0.3) is 0 Å². The molecule has 1 aromatic carbocycles. The monoisotopic (exact) mass is 232 g/mol. The molecule has 0 spiro atoms. The number of halogens is 2. The molecule has 0 aliphatic rings. The summed E-state index contributed by atoms with van der Waals surface area (Å²) in [6.07, 6.45) is 0.0795. The Balaban J connectivity index is 2.97. The highest BCUT2D eigenvalue weighted by molar-refractivity contribution is 7.80. The first-order chi connectivity index (χ1) is 6.99. The SMILES string of the molecule is CC(=O)Cc1ccc(S)cc1OC(F)F. The van der Waals surface area contributed by atoms with E-state index < -0.39 is 6.61 Å². The van der Waals surface area contributed by atoms with Crippen LogP contribution in [0.4, 0.5) is 8.78 Å². The van der Waals surface area contributed by atoms with E-state index in [4.69, 9.17) is 0 Å². The molecule has 0 aromatic heterocycles. The summed E-state index contributed by atoms with van der Waals surface area (Å²) in [5.41, 5.74) is 0.445. The molecule has 0 radical (unpaired) electrons. The molecule has 0 saturated carbocycles. The Labute approximate surface area is 91.7 Å². The lowest BCUT2D eigenvalue weighted by Gasteiger charge is -2.10. The fourth-order valence-electron chi connectivity index (χ4n) is 1.16. The molecule has 2 nitrogen and oxygen atoms in total. The summed E-state index contributed by atoms with van der Waals surface area (Å²) >= 11 is 4.00. The number of rotatable bonds is 4. The van der Waals surface area contributed by atoms with Crippen LogP contribution in [0, 0.1) is 0 Å². The molecule has 1 aromatic rings. The number of ketones is 1. The van der Waals surface area contributed by atoms with Crippen molar-refractivity contribution < 1.29 is 18.3 Å². The van der Waals surface area contributed by atoms with E-state index in [1.165, 1.54) is 13.0 Å². The number of carbonyl (C=O) groups is 1. The van der Waals surface area contributed by atoms with Crippen molar-refractivity contribution in [2.24, 2.45) is 0 Å². The second kappa shape index (κ2) is 5.11. The Morgan fingerprint density at radius 3 is 2.73 bits per heavy atom. The lowest BCUT2D eigenvalue weighted by molar-refractivity contribution is -0.116. The van der Waals surface area contributed by atoms with Crippen molar-refractivity contribution in [1.82, 2.24) is 0 Å². The minimum Gasteiger partial charge on any atom is -0.434 e. The Morgan fingerprint density at radius 2 is 2.20 bits per heavy atom. The lowest BCUT2D eigenvalue weighted by Crippen LogP contribution is -2.06. The molecule has 0 atom stereocenters. The van der Waals surface area contributed by atoms with Crippen LogP contribution in [0.15, 0.2) is 23.1 Å². The molecule has 0 aliphatic heterocycles. The topological polar surface area (TPSA) is 26.3 Å². The van der Waals surface area contributed by atoms with Gasteiger partial charge in [-0.15, -0.1) is 12.6 Å². The molecule has 1 rings (SSSR count). The van der Waals surface area contributed by atoms with Crippen LogP contribution in [0.3, 0.4) is 0 Å². The third-order valence-electron chi connectivity index (χ3n) is 1.71. The third-order valence-corrected chi connectivity index (χ3v) is 1.98. The van der Waals surface area contributed by atoms with E-state index in [2.05, 4.69) is 17.4 Å². The first-order valence-electron chi connectivity index (χ1n) is 4.25. The van der Waals surface area contributed by atoms with Crippen molar-refractivity contribution in [3.05, 3.63) is 23.8 Å². The summed E-state index contributed by atoms with van der Waals surface area (Å²) in [5.74, 6) is -0.103. The predicted octanol–water partition coefficient (Wildman–Crippen LogP) is 2.71. The van der Waals surface area contributed by atoms with E-state index in [9.17, 15) is 13.6 Å². The van der Waals surface area contributed by atoms with Crippen molar-refractivity contribution in [2.45, 2.75) is 24.9 Å². The summed E-state index contributed by atoms with van der Waals surface area (Å²) in [5, 5.41) is 0. The van der Waals surface area contributed by atoms with Gasteiger partial charge in [-0.25, -0.2) is 0 Å². The molecule has 82 valence electrons. The molecule has 0 unspecified atom stereocenters. The first kappa shape index (κ1) is 12.0. The van der Waals surface area contributed by atoms with Crippen LogP contribution >= 0.6 is 12.6 Å². The van der Waals surface area contributed by atoms with Crippen LogP contribution in [-0.4, -0.2) is 12.4 Å². The van der Waals surface area contributed by atoms with Gasteiger partial charge in [0.1, 0.15) is 11.5 Å². The Hall–Kier alpha value is -1.10. The molecular weight excluding hydrogens is 222 g/mol. The zero-order chi connectivity index (χ0) is 11.4. The summed E-state index contributed by atoms with van der Waals surface area (Å²) in [6, 6.07) is 4.55. The molecule has 0 saturated heterocycles. The smallest absolute Gasteiger partial charge is 0.387 e. The first-order valence-corrected chi connectivity index (χ1v) is 4.70. The van der Waals surface area contributed by atoms with Gasteiger partial charge in [-0.1, -0.05) is 6.07 Å². The van der Waals surface area contributed by atoms with Crippen molar-refractivity contribution in [2.75, 3.05) is 0 Å². The van der Waals surface area contributed by atoms with Gasteiger partial charge >= 0.3 is 6.61 Å². The summed E-state index contributed by atoms with van der Waals surface area (Å²) in [6.45, 7) is -1.51. The summed E-state index contributed by atoms with van der Waals surface area (Å²) in [7, 11) is 0. The molecule has 0 heterocycles. The van der Waals surface area contributed by atoms with Crippen LogP contribution < -0.4 is 4.74 Å². The Bertz CT molecular complexity index is 366. The fourth-order valence-corrected chi connectivity index (χ4v) is 1.35. The average molecular weight is 232 g/mol. The van der Waals surface area contributed by atoms with Crippen LogP contribution in [0.1, 0.15) is 12.5 Å². The molecule has 15 heavy (non-hydrogen) atoms. The predicted molar refractivity (Wildman–Crippen MR) is 54.7 cm³/mol. The normalized spacial score (nSPS) is 10.5. The number of alkyl halides is 2. The minimum atomic E-state index is -2.90. The summed E-state index contributed by atoms with van der Waals surface area (Å²) in [4.78, 5) is 11.4. The Morgan fingerprint density at radius 1 is 1.53 bits per heavy atom. The van der Waals surface area contributed by atoms with Crippen molar-refractivity contribution in [3.63, 3.8) is 0 Å². The number of thiol groups is 1. The van der Waals surface area contributed by atoms with Crippen LogP contribution in [0.5, 0.6) is 5.75 Å². The molecule has 0 aliphatic carbocycles. The van der Waals surface area contributed by atoms with E-state index in [1.54, 1.807) is 12.1 Å². The molecular formula is C10H10F2O2S. The quantitative estimate of drug-likeness (QED) is 0.808. The van der Waals surface area contributed by atoms with E-state index in [1.807, 2.05) is 0 Å². The highest BCUT2D eigenvalue weighted by Crippen LogP contribution is 2.24. The highest BCUT2D eigenvalue weighted by atomic mass is 32.1. The van der Waals surface area contributed by atoms with E-state index in [0.29, 0.717) is 10.5 Å². The van der Waals surface area contributed by atoms with Crippen LogP contribution in [0.2, 0.25) is 0 Å². The lowest BCUT2D eigenvalue weighted by atomic mass is 10.1. The molecule has 0 fully saturated rings. The largest absolute Gasteiger partial charge is 0.434 e. The number of ether oxygens (including phenoxy) is 1. The second-order valence-corrected chi connectivity index (χ2v) is 3.57. The minimum absolute atomic E-state index is 0.00713. The maximum absolute atomic E-state index is 12.0. The van der Waals surface area contributed by atoms with E-state index in [0.717, 1.165) is 0 Å². The number of hydrogen-bond acceptors (Lipinski definition) is 3. The number of Topliss-reactive ketones (excluding diaryl/α,β-unsaturated/α-hetero) is 1. The zero-order valence-corrected chi connectivity index (χ0v) is 8.93. The molecule has 0 bridgehead atoms. The molecule has 0 amide bonds. The van der Waals surface area contributed by atoms with Gasteiger partial charge in [0.05, 0.1) is 0 Å². The van der Waals surface area contributed by atoms with E-state index >= 15 is 0 Å². The van der Waals surface area contributed by atoms with Gasteiger partial charge in [0.25, 0.3) is 0 Å². The molecule has 0 N–H and O–H groups in total. The van der Waals surface area contributed by atoms with Gasteiger partial charge in [-0.2, -0.15) is 8.78 Å². The third kappa shape index (κ3) is 3.87. The van der Waals surface area contributed by atoms with Gasteiger partial charge < -0.3 is 4.74 Å². The van der Waals surface area contributed by atoms with Gasteiger partial charge in [-0.05, 0) is 19.1 Å². The average Bonchev–Trinajstić information content (AvgIpc) is 2.08. The van der Waals surface area contributed by atoms with Crippen molar-refractivity contribution >= 4 is 18.4 Å². The molecule has 5 heteroatoms. The van der Waals surface area contributed by atoms with Crippen molar-refractivity contribution in [3.8, 4) is 5.75 Å². The highest BCUT2D eigenvalue weighted by Gasteiger charge is 2.11. The van der Waals surface area contributed by atoms with Gasteiger partial charge in [0.15, 0.2) is 0 Å². The van der Waals surface area contributed by atoms with E-state index in [-0.39, 0.29) is 18.0 Å². The number of benzene rings is 1. The van der Waals surface area contributed by atoms with Gasteiger partial charge in [-0.3, -0.25) is 4.79 Å². The zero-order valence-electron chi connectivity index (χ0n) is 8.04. The summed E-state index contributed by atoms with van der Waals surface area (Å²) < 4.78 is 28.4. The van der Waals surface area contributed by atoms with Crippen molar-refractivity contribution in [1.29, 1.82) is 0 Å². The standard InChI is InChI=1S/C10H10F2O2S/c1-6(13)4-7-2-3-8(15)5-9(7)14-10(11)12/h2-3,5,10,15H,4H2,1H3. The Kier molecular flexibility index (Phi) is 4.08. The number of hydrogen-bond donors (Lipinski definition) is 1. The second-order valence-electron chi connectivity index (χ2n) is 3.05. The van der Waals surface area contributed by atoms with Gasteiger partial charge in [0, 0.05) is 16.9 Å². The fraction of sp³-hybridized carbons (Fsp3) is 0.300.